The van der Waals surface area contributed by atoms with Crippen LogP contribution in [0.25, 0.3) is 0 Å². The third-order valence-electron chi connectivity index (χ3n) is 3.34. The van der Waals surface area contributed by atoms with Gasteiger partial charge in [-0.05, 0) is 40.5 Å². The van der Waals surface area contributed by atoms with Crippen molar-refractivity contribution in [2.24, 2.45) is 5.41 Å². The normalized spacial score (nSPS) is 25.0. The Bertz CT molecular complexity index is 336. The largest absolute Gasteiger partial charge is 0.481 e. The number of likely N-dealkylation sites (tertiary alicyclic amines) is 1. The molecular formula is C13H24N2O3. The molecule has 1 unspecified atom stereocenters. The van der Waals surface area contributed by atoms with Gasteiger partial charge in [-0.3, -0.25) is 9.59 Å². The summed E-state index contributed by atoms with van der Waals surface area (Å²) in [5.74, 6) is -0.833. The standard InChI is InChI=1S/C13H24N2O3/c1-12(2,3)14-8-10(16)15-7-5-6-13(4,9-15)11(17)18/h14H,5-9H2,1-4H3,(H,17,18). The van der Waals surface area contributed by atoms with E-state index < -0.39 is 11.4 Å². The highest BCUT2D eigenvalue weighted by Crippen LogP contribution is 2.29. The van der Waals surface area contributed by atoms with Crippen molar-refractivity contribution in [1.29, 1.82) is 0 Å². The van der Waals surface area contributed by atoms with Crippen molar-refractivity contribution >= 4 is 11.9 Å². The summed E-state index contributed by atoms with van der Waals surface area (Å²) in [4.78, 5) is 24.9. The summed E-state index contributed by atoms with van der Waals surface area (Å²) >= 11 is 0. The lowest BCUT2D eigenvalue weighted by Gasteiger charge is -2.38. The highest BCUT2D eigenvalue weighted by Gasteiger charge is 2.39. The number of hydrogen-bond acceptors (Lipinski definition) is 3. The van der Waals surface area contributed by atoms with E-state index in [0.29, 0.717) is 19.5 Å². The van der Waals surface area contributed by atoms with Crippen molar-refractivity contribution in [1.82, 2.24) is 10.2 Å². The molecule has 1 aliphatic heterocycles. The maximum atomic E-state index is 12.0. The smallest absolute Gasteiger partial charge is 0.311 e. The van der Waals surface area contributed by atoms with E-state index >= 15 is 0 Å². The van der Waals surface area contributed by atoms with Gasteiger partial charge in [-0.1, -0.05) is 0 Å². The Hall–Kier alpha value is -1.10. The molecule has 0 spiro atoms. The van der Waals surface area contributed by atoms with Gasteiger partial charge in [0.2, 0.25) is 5.91 Å². The molecule has 0 bridgehead atoms. The molecule has 18 heavy (non-hydrogen) atoms. The van der Waals surface area contributed by atoms with Gasteiger partial charge in [-0.25, -0.2) is 0 Å². The molecule has 0 aromatic heterocycles. The first kappa shape index (κ1) is 15.0. The molecule has 1 aliphatic rings. The number of aliphatic carboxylic acids is 1. The fraction of sp³-hybridized carbons (Fsp3) is 0.846. The molecule has 0 aliphatic carbocycles. The summed E-state index contributed by atoms with van der Waals surface area (Å²) in [6.07, 6.45) is 1.39. The number of piperidine rings is 1. The molecule has 1 amide bonds. The minimum atomic E-state index is -0.816. The van der Waals surface area contributed by atoms with E-state index in [2.05, 4.69) is 5.32 Å². The molecule has 0 radical (unpaired) electrons. The predicted octanol–water partition coefficient (Wildman–Crippen LogP) is 1.09. The van der Waals surface area contributed by atoms with Crippen LogP contribution >= 0.6 is 0 Å². The molecule has 0 saturated carbocycles. The van der Waals surface area contributed by atoms with E-state index in [-0.39, 0.29) is 18.0 Å². The molecule has 5 heteroatoms. The van der Waals surface area contributed by atoms with Crippen LogP contribution < -0.4 is 5.32 Å². The lowest BCUT2D eigenvalue weighted by atomic mass is 9.82. The maximum Gasteiger partial charge on any atom is 0.311 e. The summed E-state index contributed by atoms with van der Waals surface area (Å²) in [6, 6.07) is 0. The zero-order valence-corrected chi connectivity index (χ0v) is 11.7. The first-order chi connectivity index (χ1) is 8.14. The van der Waals surface area contributed by atoms with Crippen LogP contribution in [0, 0.1) is 5.41 Å². The van der Waals surface area contributed by atoms with Crippen molar-refractivity contribution in [3.8, 4) is 0 Å². The SMILES string of the molecule is CC(C)(C)NCC(=O)N1CCCC(C)(C(=O)O)C1. The Labute approximate surface area is 109 Å². The maximum absolute atomic E-state index is 12.0. The molecule has 104 valence electrons. The second kappa shape index (κ2) is 5.26. The lowest BCUT2D eigenvalue weighted by molar-refractivity contribution is -0.153. The zero-order chi connectivity index (χ0) is 14.0. The van der Waals surface area contributed by atoms with E-state index in [9.17, 15) is 14.7 Å². The minimum absolute atomic E-state index is 0.0166. The van der Waals surface area contributed by atoms with E-state index in [1.807, 2.05) is 20.8 Å². The molecule has 1 rings (SSSR count). The van der Waals surface area contributed by atoms with Crippen LogP contribution in [0.15, 0.2) is 0 Å². The van der Waals surface area contributed by atoms with Crippen molar-refractivity contribution in [3.05, 3.63) is 0 Å². The fourth-order valence-corrected chi connectivity index (χ4v) is 2.08. The average Bonchev–Trinajstić information content (AvgIpc) is 2.24. The Morgan fingerprint density at radius 3 is 2.50 bits per heavy atom. The minimum Gasteiger partial charge on any atom is -0.481 e. The van der Waals surface area contributed by atoms with Gasteiger partial charge in [0.1, 0.15) is 0 Å². The number of carbonyl (C=O) groups is 2. The number of carboxylic acids is 1. The number of nitrogens with one attached hydrogen (secondary N) is 1. The molecule has 1 heterocycles. The van der Waals surface area contributed by atoms with Gasteiger partial charge in [-0.2, -0.15) is 0 Å². The molecule has 0 aromatic carbocycles. The van der Waals surface area contributed by atoms with Crippen LogP contribution in [0.1, 0.15) is 40.5 Å². The molecular weight excluding hydrogens is 232 g/mol. The summed E-state index contributed by atoms with van der Waals surface area (Å²) < 4.78 is 0. The van der Waals surface area contributed by atoms with Crippen LogP contribution in [0.5, 0.6) is 0 Å². The molecule has 0 aromatic rings. The molecule has 1 atom stereocenters. The third kappa shape index (κ3) is 3.98. The van der Waals surface area contributed by atoms with Crippen LogP contribution in [0.2, 0.25) is 0 Å². The highest BCUT2D eigenvalue weighted by atomic mass is 16.4. The third-order valence-corrected chi connectivity index (χ3v) is 3.34. The summed E-state index contributed by atoms with van der Waals surface area (Å²) in [5, 5.41) is 12.3. The second-order valence-electron chi connectivity index (χ2n) is 6.39. The van der Waals surface area contributed by atoms with Crippen molar-refractivity contribution in [2.45, 2.75) is 46.1 Å². The van der Waals surface area contributed by atoms with Crippen molar-refractivity contribution in [2.75, 3.05) is 19.6 Å². The predicted molar refractivity (Wildman–Crippen MR) is 69.3 cm³/mol. The van der Waals surface area contributed by atoms with Crippen LogP contribution in [0.3, 0.4) is 0 Å². The lowest BCUT2D eigenvalue weighted by Crippen LogP contribution is -2.52. The summed E-state index contributed by atoms with van der Waals surface area (Å²) in [6.45, 7) is 8.94. The molecule has 1 fully saturated rings. The van der Waals surface area contributed by atoms with Gasteiger partial charge >= 0.3 is 5.97 Å². The van der Waals surface area contributed by atoms with E-state index in [1.54, 1.807) is 11.8 Å². The van der Waals surface area contributed by atoms with Crippen molar-refractivity contribution in [3.63, 3.8) is 0 Å². The topological polar surface area (TPSA) is 69.6 Å². The van der Waals surface area contributed by atoms with Gasteiger partial charge in [0, 0.05) is 18.6 Å². The number of carboxylic acid groups (broad SMARTS) is 1. The van der Waals surface area contributed by atoms with Gasteiger partial charge in [0.05, 0.1) is 12.0 Å². The Balaban J connectivity index is 2.56. The number of hydrogen-bond donors (Lipinski definition) is 2. The number of nitrogens with zero attached hydrogens (tertiary/aromatic N) is 1. The molecule has 1 saturated heterocycles. The highest BCUT2D eigenvalue weighted by molar-refractivity contribution is 5.80. The van der Waals surface area contributed by atoms with E-state index in [1.165, 1.54) is 0 Å². The van der Waals surface area contributed by atoms with Crippen molar-refractivity contribution < 1.29 is 14.7 Å². The van der Waals surface area contributed by atoms with Gasteiger partial charge < -0.3 is 15.3 Å². The van der Waals surface area contributed by atoms with E-state index in [4.69, 9.17) is 0 Å². The first-order valence-corrected chi connectivity index (χ1v) is 6.40. The Morgan fingerprint density at radius 2 is 2.00 bits per heavy atom. The van der Waals surface area contributed by atoms with Gasteiger partial charge in [-0.15, -0.1) is 0 Å². The first-order valence-electron chi connectivity index (χ1n) is 6.40. The fourth-order valence-electron chi connectivity index (χ4n) is 2.08. The number of rotatable bonds is 3. The molecule has 5 nitrogen and oxygen atoms in total. The zero-order valence-electron chi connectivity index (χ0n) is 11.7. The summed E-state index contributed by atoms with van der Waals surface area (Å²) in [5.41, 5.74) is -0.906. The monoisotopic (exact) mass is 256 g/mol. The van der Waals surface area contributed by atoms with Gasteiger partial charge in [0.15, 0.2) is 0 Å². The van der Waals surface area contributed by atoms with Gasteiger partial charge in [0.25, 0.3) is 0 Å². The molecule has 2 N–H and O–H groups in total. The van der Waals surface area contributed by atoms with Crippen LogP contribution in [-0.4, -0.2) is 47.1 Å². The quantitative estimate of drug-likeness (QED) is 0.793. The van der Waals surface area contributed by atoms with E-state index in [0.717, 1.165) is 6.42 Å². The summed E-state index contributed by atoms with van der Waals surface area (Å²) in [7, 11) is 0. The second-order valence-corrected chi connectivity index (χ2v) is 6.39. The Morgan fingerprint density at radius 1 is 1.39 bits per heavy atom. The Kier molecular flexibility index (Phi) is 4.37. The average molecular weight is 256 g/mol. The number of amides is 1. The van der Waals surface area contributed by atoms with Crippen LogP contribution in [0.4, 0.5) is 0 Å². The number of carbonyl (C=O) groups excluding carboxylic acids is 1. The van der Waals surface area contributed by atoms with Crippen LogP contribution in [-0.2, 0) is 9.59 Å².